The van der Waals surface area contributed by atoms with Crippen molar-refractivity contribution in [2.45, 2.75) is 26.3 Å². The summed E-state index contributed by atoms with van der Waals surface area (Å²) < 4.78 is 16.0. The molecule has 0 saturated carbocycles. The summed E-state index contributed by atoms with van der Waals surface area (Å²) in [5.41, 5.74) is 2.93. The predicted octanol–water partition coefficient (Wildman–Crippen LogP) is 2.87. The van der Waals surface area contributed by atoms with Crippen LogP contribution in [0.15, 0.2) is 24.4 Å². The molecule has 7 nitrogen and oxygen atoms in total. The van der Waals surface area contributed by atoms with Crippen molar-refractivity contribution in [3.05, 3.63) is 30.0 Å². The second-order valence-corrected chi connectivity index (χ2v) is 6.66. The zero-order valence-corrected chi connectivity index (χ0v) is 16.2. The lowest BCUT2D eigenvalue weighted by atomic mass is 9.97. The van der Waals surface area contributed by atoms with Gasteiger partial charge < -0.3 is 14.2 Å². The quantitative estimate of drug-likeness (QED) is 0.752. The molecular weight excluding hydrogens is 346 g/mol. The first-order chi connectivity index (χ1) is 13.2. The van der Waals surface area contributed by atoms with Gasteiger partial charge in [0.1, 0.15) is 11.5 Å². The molecule has 0 radical (unpaired) electrons. The molecule has 3 rings (SSSR count). The molecule has 1 saturated heterocycles. The number of hydrogen-bond acceptors (Lipinski definition) is 6. The highest BCUT2D eigenvalue weighted by molar-refractivity contribution is 5.73. The van der Waals surface area contributed by atoms with Crippen molar-refractivity contribution in [1.82, 2.24) is 15.1 Å². The van der Waals surface area contributed by atoms with Gasteiger partial charge in [0.25, 0.3) is 0 Å². The van der Waals surface area contributed by atoms with Crippen molar-refractivity contribution in [3.8, 4) is 22.8 Å². The highest BCUT2D eigenvalue weighted by atomic mass is 16.5. The molecule has 0 aliphatic carbocycles. The summed E-state index contributed by atoms with van der Waals surface area (Å²) in [6.07, 6.45) is 3.72. The Morgan fingerprint density at radius 1 is 1.33 bits per heavy atom. The van der Waals surface area contributed by atoms with Crippen LogP contribution in [0.2, 0.25) is 0 Å². The van der Waals surface area contributed by atoms with Crippen molar-refractivity contribution >= 4 is 5.97 Å². The number of esters is 1. The van der Waals surface area contributed by atoms with Gasteiger partial charge in [-0.05, 0) is 38.4 Å². The lowest BCUT2D eigenvalue weighted by Gasteiger charge is -2.31. The lowest BCUT2D eigenvalue weighted by molar-refractivity contribution is -0.150. The zero-order valence-electron chi connectivity index (χ0n) is 16.2. The highest BCUT2D eigenvalue weighted by Crippen LogP contribution is 2.34. The van der Waals surface area contributed by atoms with E-state index in [0.29, 0.717) is 13.2 Å². The second kappa shape index (κ2) is 8.90. The van der Waals surface area contributed by atoms with Gasteiger partial charge in [0.05, 0.1) is 38.6 Å². The summed E-state index contributed by atoms with van der Waals surface area (Å²) in [4.78, 5) is 14.4. The minimum atomic E-state index is -0.0913. The molecule has 0 amide bonds. The topological polar surface area (TPSA) is 76.7 Å². The first-order valence-electron chi connectivity index (χ1n) is 9.29. The van der Waals surface area contributed by atoms with Crippen LogP contribution in [-0.4, -0.2) is 55.0 Å². The molecule has 1 aliphatic heterocycles. The van der Waals surface area contributed by atoms with Crippen LogP contribution in [0.4, 0.5) is 0 Å². The van der Waals surface area contributed by atoms with Crippen LogP contribution in [0.5, 0.6) is 11.5 Å². The minimum Gasteiger partial charge on any atom is -0.497 e. The Hall–Kier alpha value is -2.54. The Morgan fingerprint density at radius 2 is 2.19 bits per heavy atom. The third-order valence-electron chi connectivity index (χ3n) is 4.92. The molecular formula is C20H27N3O4. The third kappa shape index (κ3) is 4.42. The van der Waals surface area contributed by atoms with E-state index in [2.05, 4.69) is 15.1 Å². The number of likely N-dealkylation sites (tertiary alicyclic amines) is 1. The summed E-state index contributed by atoms with van der Waals surface area (Å²) >= 11 is 0. The molecule has 27 heavy (non-hydrogen) atoms. The number of H-pyrrole nitrogens is 1. The van der Waals surface area contributed by atoms with Gasteiger partial charge in [-0.2, -0.15) is 5.10 Å². The molecule has 1 fully saturated rings. The summed E-state index contributed by atoms with van der Waals surface area (Å²) in [6, 6.07) is 5.73. The number of hydrogen-bond donors (Lipinski definition) is 1. The fraction of sp³-hybridized carbons (Fsp3) is 0.500. The normalized spacial score (nSPS) is 17.5. The number of aromatic amines is 1. The summed E-state index contributed by atoms with van der Waals surface area (Å²) in [7, 11) is 3.27. The smallest absolute Gasteiger partial charge is 0.310 e. The van der Waals surface area contributed by atoms with E-state index in [9.17, 15) is 4.79 Å². The van der Waals surface area contributed by atoms with Gasteiger partial charge in [0, 0.05) is 30.3 Å². The van der Waals surface area contributed by atoms with Gasteiger partial charge >= 0.3 is 5.97 Å². The zero-order chi connectivity index (χ0) is 19.2. The number of carbonyl (C=O) groups excluding carboxylic acids is 1. The highest BCUT2D eigenvalue weighted by Gasteiger charge is 2.27. The van der Waals surface area contributed by atoms with Crippen LogP contribution >= 0.6 is 0 Å². The van der Waals surface area contributed by atoms with Crippen LogP contribution < -0.4 is 9.47 Å². The number of nitrogens with zero attached hydrogens (tertiary/aromatic N) is 2. The minimum absolute atomic E-state index is 0.0513. The van der Waals surface area contributed by atoms with E-state index in [1.165, 1.54) is 0 Å². The van der Waals surface area contributed by atoms with Crippen LogP contribution in [0.25, 0.3) is 11.3 Å². The summed E-state index contributed by atoms with van der Waals surface area (Å²) in [5, 5.41) is 7.32. The Bertz CT molecular complexity index is 774. The predicted molar refractivity (Wildman–Crippen MR) is 102 cm³/mol. The van der Waals surface area contributed by atoms with Gasteiger partial charge in [0.15, 0.2) is 0 Å². The van der Waals surface area contributed by atoms with Gasteiger partial charge in [-0.25, -0.2) is 0 Å². The van der Waals surface area contributed by atoms with E-state index in [1.54, 1.807) is 14.2 Å². The molecule has 0 bridgehead atoms. The van der Waals surface area contributed by atoms with Crippen LogP contribution in [0, 0.1) is 5.92 Å². The number of nitrogens with one attached hydrogen (secondary N) is 1. The van der Waals surface area contributed by atoms with Gasteiger partial charge in [-0.1, -0.05) is 0 Å². The lowest BCUT2D eigenvalue weighted by Crippen LogP contribution is -2.38. The fourth-order valence-electron chi connectivity index (χ4n) is 3.56. The number of ether oxygens (including phenoxy) is 3. The number of benzene rings is 1. The molecule has 0 spiro atoms. The molecule has 1 unspecified atom stereocenters. The molecule has 2 heterocycles. The summed E-state index contributed by atoms with van der Waals surface area (Å²) in [5.74, 6) is 1.32. The van der Waals surface area contributed by atoms with Crippen LogP contribution in [0.1, 0.15) is 25.3 Å². The first-order valence-corrected chi connectivity index (χ1v) is 9.29. The molecule has 1 aromatic heterocycles. The molecule has 7 heteroatoms. The molecule has 1 N–H and O–H groups in total. The van der Waals surface area contributed by atoms with Crippen molar-refractivity contribution in [1.29, 1.82) is 0 Å². The van der Waals surface area contributed by atoms with Gasteiger partial charge in [-0.15, -0.1) is 0 Å². The van der Waals surface area contributed by atoms with E-state index < -0.39 is 0 Å². The first kappa shape index (κ1) is 19.2. The monoisotopic (exact) mass is 373 g/mol. The van der Waals surface area contributed by atoms with Crippen molar-refractivity contribution in [3.63, 3.8) is 0 Å². The average molecular weight is 373 g/mol. The van der Waals surface area contributed by atoms with E-state index >= 15 is 0 Å². The number of carbonyl (C=O) groups is 1. The van der Waals surface area contributed by atoms with Gasteiger partial charge in [-0.3, -0.25) is 14.8 Å². The fourth-order valence-corrected chi connectivity index (χ4v) is 3.56. The van der Waals surface area contributed by atoms with Crippen LogP contribution in [-0.2, 0) is 16.1 Å². The molecule has 1 aromatic carbocycles. The van der Waals surface area contributed by atoms with Crippen molar-refractivity contribution < 1.29 is 19.0 Å². The van der Waals surface area contributed by atoms with E-state index in [1.807, 2.05) is 31.3 Å². The Labute approximate surface area is 159 Å². The number of aromatic nitrogens is 2. The Kier molecular flexibility index (Phi) is 6.34. The van der Waals surface area contributed by atoms with Crippen molar-refractivity contribution in [2.75, 3.05) is 33.9 Å². The molecule has 1 aliphatic rings. The summed E-state index contributed by atoms with van der Waals surface area (Å²) in [6.45, 7) is 4.66. The van der Waals surface area contributed by atoms with Crippen molar-refractivity contribution in [2.24, 2.45) is 5.92 Å². The maximum absolute atomic E-state index is 12.1. The number of rotatable bonds is 7. The van der Waals surface area contributed by atoms with Crippen LogP contribution in [0.3, 0.4) is 0 Å². The maximum atomic E-state index is 12.1. The van der Waals surface area contributed by atoms with E-state index in [0.717, 1.165) is 54.3 Å². The largest absolute Gasteiger partial charge is 0.497 e. The molecule has 146 valence electrons. The maximum Gasteiger partial charge on any atom is 0.310 e. The standard InChI is InChI=1S/C20H27N3O4/c1-4-27-20(24)14-6-5-9-23(12-14)13-15-11-21-22-19(15)17-8-7-16(25-2)10-18(17)26-3/h7-8,10-11,14H,4-6,9,12-13H2,1-3H3,(H,21,22). The Morgan fingerprint density at radius 3 is 2.93 bits per heavy atom. The number of piperidine rings is 1. The second-order valence-electron chi connectivity index (χ2n) is 6.66. The Balaban J connectivity index is 1.77. The molecule has 1 atom stereocenters. The molecule has 2 aromatic rings. The SMILES string of the molecule is CCOC(=O)C1CCCN(Cc2cn[nH]c2-c2ccc(OC)cc2OC)C1. The van der Waals surface area contributed by atoms with Gasteiger partial charge in [0.2, 0.25) is 0 Å². The van der Waals surface area contributed by atoms with E-state index in [4.69, 9.17) is 14.2 Å². The average Bonchev–Trinajstić information content (AvgIpc) is 3.15. The van der Waals surface area contributed by atoms with E-state index in [-0.39, 0.29) is 11.9 Å². The third-order valence-corrected chi connectivity index (χ3v) is 4.92. The number of methoxy groups -OCH3 is 2.